The molecule has 0 fully saturated rings. The zero-order chi connectivity index (χ0) is 8.77. The van der Waals surface area contributed by atoms with Crippen molar-refractivity contribution >= 4 is 0 Å². The van der Waals surface area contributed by atoms with Crippen molar-refractivity contribution in [2.75, 3.05) is 7.11 Å². The molecular formula is C9H10O2. The second kappa shape index (κ2) is 2.24. The van der Waals surface area contributed by atoms with Crippen LogP contribution in [0.25, 0.3) is 0 Å². The largest absolute Gasteiger partial charge is 0.497 e. The van der Waals surface area contributed by atoms with Crippen molar-refractivity contribution in [3.8, 4) is 5.75 Å². The molecule has 0 saturated carbocycles. The molecule has 11 heavy (non-hydrogen) atoms. The van der Waals surface area contributed by atoms with Gasteiger partial charge < -0.3 is 9.84 Å². The van der Waals surface area contributed by atoms with Crippen LogP contribution in [0, 0.1) is 0 Å². The highest BCUT2D eigenvalue weighted by molar-refractivity contribution is 5.43. The number of rotatable bonds is 1. The van der Waals surface area contributed by atoms with Crippen LogP contribution in [-0.2, 0) is 6.42 Å². The Hall–Kier alpha value is -1.02. The summed E-state index contributed by atoms with van der Waals surface area (Å²) >= 11 is 0. The van der Waals surface area contributed by atoms with Gasteiger partial charge in [-0.15, -0.1) is 0 Å². The van der Waals surface area contributed by atoms with E-state index in [1.807, 2.05) is 6.07 Å². The van der Waals surface area contributed by atoms with Gasteiger partial charge in [-0.05, 0) is 23.3 Å². The molecule has 0 aromatic heterocycles. The Balaban J connectivity index is 2.41. The highest BCUT2D eigenvalue weighted by atomic mass is 16.5. The lowest BCUT2D eigenvalue weighted by atomic mass is 9.85. The summed E-state index contributed by atoms with van der Waals surface area (Å²) < 4.78 is 12.4. The van der Waals surface area contributed by atoms with Gasteiger partial charge in [0.1, 0.15) is 5.75 Å². The second-order valence-corrected chi connectivity index (χ2v) is 2.65. The molecule has 0 spiro atoms. The predicted molar refractivity (Wildman–Crippen MR) is 41.7 cm³/mol. The van der Waals surface area contributed by atoms with Crippen LogP contribution in [0.5, 0.6) is 5.75 Å². The zero-order valence-electron chi connectivity index (χ0n) is 7.29. The molecule has 0 bridgehead atoms. The molecule has 2 nitrogen and oxygen atoms in total. The van der Waals surface area contributed by atoms with Crippen LogP contribution in [0.4, 0.5) is 0 Å². The van der Waals surface area contributed by atoms with Gasteiger partial charge in [0.2, 0.25) is 0 Å². The summed E-state index contributed by atoms with van der Waals surface area (Å²) in [4.78, 5) is 0. The fourth-order valence-electron chi connectivity index (χ4n) is 1.29. The first kappa shape index (κ1) is 5.61. The van der Waals surface area contributed by atoms with Crippen molar-refractivity contribution in [2.45, 2.75) is 12.5 Å². The molecule has 2 heteroatoms. The minimum Gasteiger partial charge on any atom is -0.497 e. The molecule has 1 aliphatic carbocycles. The van der Waals surface area contributed by atoms with Gasteiger partial charge in [0.15, 0.2) is 0 Å². The highest BCUT2D eigenvalue weighted by Gasteiger charge is 2.23. The fourth-order valence-corrected chi connectivity index (χ4v) is 1.29. The van der Waals surface area contributed by atoms with E-state index < -0.39 is 6.08 Å². The first-order valence-electron chi connectivity index (χ1n) is 4.03. The normalized spacial score (nSPS) is 28.4. The average Bonchev–Trinajstić information content (AvgIpc) is 2.02. The highest BCUT2D eigenvalue weighted by Crippen LogP contribution is 2.34. The van der Waals surface area contributed by atoms with Crippen molar-refractivity contribution in [1.82, 2.24) is 0 Å². The van der Waals surface area contributed by atoms with Gasteiger partial charge in [0.25, 0.3) is 0 Å². The van der Waals surface area contributed by atoms with Crippen LogP contribution in [0.2, 0.25) is 0 Å². The lowest BCUT2D eigenvalue weighted by Crippen LogP contribution is -2.15. The van der Waals surface area contributed by atoms with E-state index in [9.17, 15) is 5.11 Å². The number of ether oxygens (including phenoxy) is 1. The monoisotopic (exact) mass is 151 g/mol. The molecule has 1 aliphatic rings. The van der Waals surface area contributed by atoms with Crippen LogP contribution in [-0.4, -0.2) is 12.2 Å². The van der Waals surface area contributed by atoms with Gasteiger partial charge in [-0.2, -0.15) is 0 Å². The first-order chi connectivity index (χ1) is 5.63. The van der Waals surface area contributed by atoms with E-state index in [-0.39, 0.29) is 0 Å². The van der Waals surface area contributed by atoms with Gasteiger partial charge >= 0.3 is 0 Å². The molecule has 0 aliphatic heterocycles. The number of benzene rings is 1. The molecule has 1 unspecified atom stereocenters. The summed E-state index contributed by atoms with van der Waals surface area (Å²) in [5.41, 5.74) is 1.70. The number of hydrogen-bond donors (Lipinski definition) is 1. The smallest absolute Gasteiger partial charge is 0.119 e. The first-order valence-corrected chi connectivity index (χ1v) is 3.53. The van der Waals surface area contributed by atoms with Crippen LogP contribution in [0.3, 0.4) is 0 Å². The number of aliphatic hydroxyl groups is 1. The molecule has 1 N–H and O–H groups in total. The van der Waals surface area contributed by atoms with Crippen LogP contribution < -0.4 is 4.74 Å². The molecule has 0 radical (unpaired) electrons. The van der Waals surface area contributed by atoms with Gasteiger partial charge in [-0.25, -0.2) is 0 Å². The van der Waals surface area contributed by atoms with Gasteiger partial charge in [0, 0.05) is 6.42 Å². The van der Waals surface area contributed by atoms with Crippen LogP contribution >= 0.6 is 0 Å². The van der Waals surface area contributed by atoms with E-state index in [0.717, 1.165) is 11.3 Å². The average molecular weight is 151 g/mol. The lowest BCUT2D eigenvalue weighted by Gasteiger charge is -2.25. The van der Waals surface area contributed by atoms with Gasteiger partial charge in [-0.3, -0.25) is 0 Å². The fraction of sp³-hybridized carbons (Fsp3) is 0.333. The van der Waals surface area contributed by atoms with Gasteiger partial charge in [0.05, 0.1) is 14.6 Å². The van der Waals surface area contributed by atoms with E-state index in [1.54, 1.807) is 19.2 Å². The molecule has 1 aromatic rings. The van der Waals surface area contributed by atoms with Gasteiger partial charge in [-0.1, -0.05) is 6.07 Å². The van der Waals surface area contributed by atoms with Crippen molar-refractivity contribution in [3.63, 3.8) is 0 Å². The Kier molecular flexibility index (Phi) is 1.14. The topological polar surface area (TPSA) is 29.5 Å². The standard InChI is InChI=1S/C9H10O2/c1-11-7-2-3-8-6(4-7)5-9(8)10/h2-4,9-10H,5H2,1H3/i9D. The Morgan fingerprint density at radius 1 is 1.73 bits per heavy atom. The molecule has 2 rings (SSSR count). The van der Waals surface area contributed by atoms with Crippen LogP contribution in [0.15, 0.2) is 18.2 Å². The minimum atomic E-state index is -1.36. The van der Waals surface area contributed by atoms with Crippen molar-refractivity contribution < 1.29 is 11.2 Å². The summed E-state index contributed by atoms with van der Waals surface area (Å²) in [5, 5.41) is 9.35. The summed E-state index contributed by atoms with van der Waals surface area (Å²) in [7, 11) is 1.60. The quantitative estimate of drug-likeness (QED) is 0.655. The maximum Gasteiger partial charge on any atom is 0.119 e. The summed E-state index contributed by atoms with van der Waals surface area (Å²) in [6.45, 7) is 0. The third kappa shape index (κ3) is 0.906. The molecule has 0 amide bonds. The third-order valence-electron chi connectivity index (χ3n) is 1.98. The molecule has 0 saturated heterocycles. The van der Waals surface area contributed by atoms with Crippen molar-refractivity contribution in [2.24, 2.45) is 0 Å². The van der Waals surface area contributed by atoms with E-state index in [1.165, 1.54) is 0 Å². The van der Waals surface area contributed by atoms with E-state index in [0.29, 0.717) is 12.0 Å². The van der Waals surface area contributed by atoms with E-state index in [2.05, 4.69) is 0 Å². The maximum absolute atomic E-state index is 9.35. The number of methoxy groups -OCH3 is 1. The minimum absolute atomic E-state index is 0.402. The molecule has 1 aromatic carbocycles. The number of hydrogen-bond acceptors (Lipinski definition) is 2. The summed E-state index contributed by atoms with van der Waals surface area (Å²) in [6, 6.07) is 5.36. The van der Waals surface area contributed by atoms with E-state index in [4.69, 9.17) is 6.11 Å². The lowest BCUT2D eigenvalue weighted by molar-refractivity contribution is 0.153. The Morgan fingerprint density at radius 3 is 3.09 bits per heavy atom. The third-order valence-corrected chi connectivity index (χ3v) is 1.98. The molecule has 58 valence electrons. The number of fused-ring (bicyclic) bond motifs is 1. The second-order valence-electron chi connectivity index (χ2n) is 2.65. The maximum atomic E-state index is 9.35. The van der Waals surface area contributed by atoms with Crippen molar-refractivity contribution in [3.05, 3.63) is 29.3 Å². The molecular weight excluding hydrogens is 140 g/mol. The Bertz CT molecular complexity index is 320. The molecule has 0 heterocycles. The molecule has 1 atom stereocenters. The summed E-state index contributed by atoms with van der Waals surface area (Å²) in [5.74, 6) is 0.782. The van der Waals surface area contributed by atoms with Crippen molar-refractivity contribution in [1.29, 1.82) is 0 Å². The SMILES string of the molecule is [2H]C1(O)Cc2cc(OC)ccc21. The Labute approximate surface area is 66.8 Å². The van der Waals surface area contributed by atoms with E-state index >= 15 is 0 Å². The zero-order valence-corrected chi connectivity index (χ0v) is 6.29. The van der Waals surface area contributed by atoms with Crippen LogP contribution in [0.1, 0.15) is 18.6 Å². The predicted octanol–water partition coefficient (Wildman–Crippen LogP) is 1.28. The Morgan fingerprint density at radius 2 is 2.55 bits per heavy atom. The summed E-state index contributed by atoms with van der Waals surface area (Å²) in [6.07, 6.45) is -0.957.